The van der Waals surface area contributed by atoms with Gasteiger partial charge in [-0.2, -0.15) is 5.26 Å². The first-order chi connectivity index (χ1) is 15.2. The van der Waals surface area contributed by atoms with Crippen LogP contribution in [-0.4, -0.2) is 21.5 Å². The predicted molar refractivity (Wildman–Crippen MR) is 123 cm³/mol. The molecular formula is C24H21N5OS. The van der Waals surface area contributed by atoms with Crippen LogP contribution in [0.2, 0.25) is 0 Å². The molecule has 6 nitrogen and oxygen atoms in total. The smallest absolute Gasteiger partial charge is 0.210 e. The first kappa shape index (κ1) is 20.5. The Morgan fingerprint density at radius 2 is 1.68 bits per heavy atom. The molecular weight excluding hydrogens is 406 g/mol. The van der Waals surface area contributed by atoms with Gasteiger partial charge in [0.25, 0.3) is 0 Å². The summed E-state index contributed by atoms with van der Waals surface area (Å²) >= 11 is 1.52. The third-order valence-electron chi connectivity index (χ3n) is 4.77. The predicted octanol–water partition coefficient (Wildman–Crippen LogP) is 4.89. The van der Waals surface area contributed by atoms with Crippen LogP contribution < -0.4 is 10.6 Å². The molecule has 0 aliphatic carbocycles. The van der Waals surface area contributed by atoms with Crippen molar-refractivity contribution in [3.05, 3.63) is 83.9 Å². The lowest BCUT2D eigenvalue weighted by atomic mass is 10.00. The lowest BCUT2D eigenvalue weighted by Gasteiger charge is -2.09. The van der Waals surface area contributed by atoms with Gasteiger partial charge in [0.1, 0.15) is 5.75 Å². The number of ether oxygens (including phenoxy) is 1. The highest BCUT2D eigenvalue weighted by Gasteiger charge is 2.16. The van der Waals surface area contributed by atoms with Gasteiger partial charge in [-0.15, -0.1) is 10.2 Å². The second-order valence-electron chi connectivity index (χ2n) is 6.75. The average molecular weight is 428 g/mol. The van der Waals surface area contributed by atoms with Gasteiger partial charge < -0.3 is 10.6 Å². The SMILES string of the molecule is CCOc1ccccc1-c1nnc(SCc2ccc(-c3ccccc3C#N)cc2)n1N. The lowest BCUT2D eigenvalue weighted by Crippen LogP contribution is -2.12. The van der Waals surface area contributed by atoms with Crippen molar-refractivity contribution in [1.29, 1.82) is 5.26 Å². The van der Waals surface area contributed by atoms with Crippen molar-refractivity contribution < 1.29 is 4.74 Å². The van der Waals surface area contributed by atoms with E-state index < -0.39 is 0 Å². The van der Waals surface area contributed by atoms with E-state index in [1.807, 2.05) is 67.6 Å². The van der Waals surface area contributed by atoms with Gasteiger partial charge in [0, 0.05) is 5.75 Å². The fraction of sp³-hybridized carbons (Fsp3) is 0.125. The molecule has 0 aliphatic rings. The normalized spacial score (nSPS) is 10.6. The minimum Gasteiger partial charge on any atom is -0.493 e. The Hall–Kier alpha value is -3.76. The number of hydrogen-bond acceptors (Lipinski definition) is 6. The van der Waals surface area contributed by atoms with E-state index in [-0.39, 0.29) is 0 Å². The number of aromatic nitrogens is 3. The summed E-state index contributed by atoms with van der Waals surface area (Å²) in [7, 11) is 0. The Kier molecular flexibility index (Phi) is 6.20. The van der Waals surface area contributed by atoms with Crippen LogP contribution in [0, 0.1) is 11.3 Å². The number of nitrogens with two attached hydrogens (primary N) is 1. The monoisotopic (exact) mass is 427 g/mol. The van der Waals surface area contributed by atoms with Gasteiger partial charge in [0.2, 0.25) is 5.16 Å². The first-order valence-corrected chi connectivity index (χ1v) is 10.8. The van der Waals surface area contributed by atoms with E-state index >= 15 is 0 Å². The maximum atomic E-state index is 9.31. The van der Waals surface area contributed by atoms with Gasteiger partial charge in [-0.3, -0.25) is 0 Å². The van der Waals surface area contributed by atoms with Gasteiger partial charge in [-0.05, 0) is 41.8 Å². The Bertz CT molecular complexity index is 1230. The van der Waals surface area contributed by atoms with Crippen LogP contribution in [-0.2, 0) is 5.75 Å². The van der Waals surface area contributed by atoms with Crippen LogP contribution >= 0.6 is 11.8 Å². The topological polar surface area (TPSA) is 89.8 Å². The van der Waals surface area contributed by atoms with Crippen LogP contribution in [0.25, 0.3) is 22.5 Å². The number of thioether (sulfide) groups is 1. The van der Waals surface area contributed by atoms with E-state index in [9.17, 15) is 5.26 Å². The van der Waals surface area contributed by atoms with Crippen LogP contribution in [0.5, 0.6) is 5.75 Å². The van der Waals surface area contributed by atoms with E-state index in [1.54, 1.807) is 0 Å². The average Bonchev–Trinajstić information content (AvgIpc) is 3.18. The minimum absolute atomic E-state index is 0.562. The van der Waals surface area contributed by atoms with Crippen molar-refractivity contribution in [2.45, 2.75) is 17.8 Å². The van der Waals surface area contributed by atoms with Crippen LogP contribution in [0.3, 0.4) is 0 Å². The molecule has 31 heavy (non-hydrogen) atoms. The van der Waals surface area contributed by atoms with E-state index in [4.69, 9.17) is 10.6 Å². The number of nitrogen functional groups attached to an aromatic ring is 1. The van der Waals surface area contributed by atoms with Gasteiger partial charge in [-0.1, -0.05) is 66.4 Å². The third-order valence-corrected chi connectivity index (χ3v) is 5.79. The number of nitriles is 1. The molecule has 0 unspecified atom stereocenters. The largest absolute Gasteiger partial charge is 0.493 e. The molecule has 1 aromatic heterocycles. The van der Waals surface area contributed by atoms with Crippen molar-refractivity contribution in [1.82, 2.24) is 14.9 Å². The van der Waals surface area contributed by atoms with E-state index in [1.165, 1.54) is 16.4 Å². The first-order valence-electron chi connectivity index (χ1n) is 9.85. The highest BCUT2D eigenvalue weighted by molar-refractivity contribution is 7.98. The summed E-state index contributed by atoms with van der Waals surface area (Å²) in [6.07, 6.45) is 0. The van der Waals surface area contributed by atoms with E-state index in [2.05, 4.69) is 28.4 Å². The van der Waals surface area contributed by atoms with Gasteiger partial charge in [0.05, 0.1) is 23.8 Å². The van der Waals surface area contributed by atoms with Crippen molar-refractivity contribution in [3.8, 4) is 34.3 Å². The highest BCUT2D eigenvalue weighted by atomic mass is 32.2. The van der Waals surface area contributed by atoms with Crippen LogP contribution in [0.15, 0.2) is 78.0 Å². The van der Waals surface area contributed by atoms with Crippen LogP contribution in [0.1, 0.15) is 18.1 Å². The highest BCUT2D eigenvalue weighted by Crippen LogP contribution is 2.31. The Morgan fingerprint density at radius 1 is 0.968 bits per heavy atom. The zero-order chi connectivity index (χ0) is 21.6. The maximum Gasteiger partial charge on any atom is 0.210 e. The zero-order valence-corrected chi connectivity index (χ0v) is 17.8. The number of nitrogens with zero attached hydrogens (tertiary/aromatic N) is 4. The van der Waals surface area contributed by atoms with Crippen LogP contribution in [0.4, 0.5) is 0 Å². The molecule has 1 heterocycles. The second-order valence-corrected chi connectivity index (χ2v) is 7.69. The molecule has 0 radical (unpaired) electrons. The molecule has 154 valence electrons. The Morgan fingerprint density at radius 3 is 2.42 bits per heavy atom. The molecule has 0 atom stereocenters. The number of rotatable bonds is 7. The molecule has 0 amide bonds. The molecule has 7 heteroatoms. The summed E-state index contributed by atoms with van der Waals surface area (Å²) < 4.78 is 7.19. The summed E-state index contributed by atoms with van der Waals surface area (Å²) in [5, 5.41) is 18.5. The number of hydrogen-bond donors (Lipinski definition) is 1. The number of benzene rings is 3. The molecule has 0 spiro atoms. The Balaban J connectivity index is 1.49. The van der Waals surface area contributed by atoms with Crippen molar-refractivity contribution >= 4 is 11.8 Å². The number of para-hydroxylation sites is 1. The fourth-order valence-corrected chi connectivity index (χ4v) is 4.06. The summed E-state index contributed by atoms with van der Waals surface area (Å²) in [6, 6.07) is 25.7. The van der Waals surface area contributed by atoms with Crippen molar-refractivity contribution in [2.24, 2.45) is 0 Å². The zero-order valence-electron chi connectivity index (χ0n) is 17.0. The van der Waals surface area contributed by atoms with E-state index in [0.717, 1.165) is 28.0 Å². The van der Waals surface area contributed by atoms with E-state index in [0.29, 0.717) is 28.9 Å². The third kappa shape index (κ3) is 4.39. The maximum absolute atomic E-state index is 9.31. The quantitative estimate of drug-likeness (QED) is 0.334. The molecule has 0 fully saturated rings. The lowest BCUT2D eigenvalue weighted by molar-refractivity contribution is 0.341. The van der Waals surface area contributed by atoms with Crippen molar-refractivity contribution in [3.63, 3.8) is 0 Å². The summed E-state index contributed by atoms with van der Waals surface area (Å²) in [4.78, 5) is 0. The second kappa shape index (κ2) is 9.37. The van der Waals surface area contributed by atoms with Gasteiger partial charge >= 0.3 is 0 Å². The summed E-state index contributed by atoms with van der Waals surface area (Å²) in [5.41, 5.74) is 4.56. The molecule has 3 aromatic carbocycles. The molecule has 0 aliphatic heterocycles. The standard InChI is InChI=1S/C24H21N5OS/c1-2-30-22-10-6-5-9-21(22)23-27-28-24(29(23)26)31-16-17-11-13-18(14-12-17)20-8-4-3-7-19(20)15-25/h3-14H,2,16,26H2,1H3. The summed E-state index contributed by atoms with van der Waals surface area (Å²) in [5.74, 6) is 8.27. The minimum atomic E-state index is 0.562. The molecule has 0 saturated heterocycles. The molecule has 4 rings (SSSR count). The molecule has 4 aromatic rings. The fourth-order valence-electron chi connectivity index (χ4n) is 3.25. The summed E-state index contributed by atoms with van der Waals surface area (Å²) in [6.45, 7) is 2.50. The van der Waals surface area contributed by atoms with Crippen molar-refractivity contribution in [2.75, 3.05) is 12.4 Å². The Labute approximate surface area is 185 Å². The van der Waals surface area contributed by atoms with Gasteiger partial charge in [0.15, 0.2) is 5.82 Å². The molecule has 2 N–H and O–H groups in total. The molecule has 0 saturated carbocycles. The molecule has 0 bridgehead atoms. The van der Waals surface area contributed by atoms with Gasteiger partial charge in [-0.25, -0.2) is 4.68 Å².